The van der Waals surface area contributed by atoms with Crippen molar-refractivity contribution in [3.05, 3.63) is 24.0 Å². The highest BCUT2D eigenvalue weighted by Gasteiger charge is 2.29. The van der Waals surface area contributed by atoms with Gasteiger partial charge in [0.15, 0.2) is 0 Å². The van der Waals surface area contributed by atoms with Gasteiger partial charge in [-0.25, -0.2) is 17.1 Å². The molecule has 0 aromatic heterocycles. The van der Waals surface area contributed by atoms with Crippen LogP contribution in [0.25, 0.3) is 0 Å². The third kappa shape index (κ3) is 4.52. The van der Waals surface area contributed by atoms with Gasteiger partial charge in [-0.05, 0) is 31.0 Å². The zero-order valence-electron chi connectivity index (χ0n) is 14.8. The Hall–Kier alpha value is -1.71. The van der Waals surface area contributed by atoms with Crippen molar-refractivity contribution in [2.45, 2.75) is 12.8 Å². The van der Waals surface area contributed by atoms with Crippen LogP contribution < -0.4 is 10.2 Å². The fraction of sp³-hybridized carbons (Fsp3) is 0.588. The predicted molar refractivity (Wildman–Crippen MR) is 97.2 cm³/mol. The number of amides is 1. The standard InChI is InChI=1S/C17H24FN3O4S/c1-26(23,24)21-6-4-13(5-7-21)17(22)19-16-12-14(2-3-15(16)18)20-8-10-25-11-9-20/h2-3,12-13H,4-11H2,1H3,(H,19,22). The minimum atomic E-state index is -3.23. The van der Waals surface area contributed by atoms with Crippen LogP contribution in [0.3, 0.4) is 0 Å². The third-order valence-electron chi connectivity index (χ3n) is 4.88. The molecular formula is C17H24FN3O4S. The van der Waals surface area contributed by atoms with Gasteiger partial charge in [0.2, 0.25) is 15.9 Å². The average Bonchev–Trinajstić information content (AvgIpc) is 2.63. The van der Waals surface area contributed by atoms with Gasteiger partial charge in [0.1, 0.15) is 5.82 Å². The Labute approximate surface area is 153 Å². The maximum absolute atomic E-state index is 14.1. The molecule has 0 bridgehead atoms. The Morgan fingerprint density at radius 1 is 1.19 bits per heavy atom. The molecule has 26 heavy (non-hydrogen) atoms. The maximum Gasteiger partial charge on any atom is 0.227 e. The molecule has 1 amide bonds. The SMILES string of the molecule is CS(=O)(=O)N1CCC(C(=O)Nc2cc(N3CCOCC3)ccc2F)CC1. The molecule has 1 N–H and O–H groups in total. The van der Waals surface area contributed by atoms with E-state index < -0.39 is 15.8 Å². The number of anilines is 2. The van der Waals surface area contributed by atoms with E-state index in [4.69, 9.17) is 4.74 Å². The molecule has 1 aromatic carbocycles. The lowest BCUT2D eigenvalue weighted by Gasteiger charge is -2.30. The molecule has 0 unspecified atom stereocenters. The smallest absolute Gasteiger partial charge is 0.227 e. The van der Waals surface area contributed by atoms with Gasteiger partial charge in [-0.15, -0.1) is 0 Å². The molecule has 0 saturated carbocycles. The molecule has 0 atom stereocenters. The number of benzene rings is 1. The van der Waals surface area contributed by atoms with Gasteiger partial charge in [0.05, 0.1) is 25.2 Å². The molecule has 0 radical (unpaired) electrons. The molecule has 2 saturated heterocycles. The first kappa shape index (κ1) is 19.1. The molecule has 2 fully saturated rings. The number of hydrogen-bond donors (Lipinski definition) is 1. The van der Waals surface area contributed by atoms with Crippen LogP contribution >= 0.6 is 0 Å². The van der Waals surface area contributed by atoms with Crippen molar-refractivity contribution < 1.29 is 22.3 Å². The summed E-state index contributed by atoms with van der Waals surface area (Å²) in [5, 5.41) is 2.67. The van der Waals surface area contributed by atoms with Gasteiger partial charge >= 0.3 is 0 Å². The highest BCUT2D eigenvalue weighted by molar-refractivity contribution is 7.88. The minimum absolute atomic E-state index is 0.157. The van der Waals surface area contributed by atoms with Gasteiger partial charge in [-0.2, -0.15) is 0 Å². The lowest BCUT2D eigenvalue weighted by Crippen LogP contribution is -2.41. The van der Waals surface area contributed by atoms with Crippen molar-refractivity contribution in [1.29, 1.82) is 0 Å². The van der Waals surface area contributed by atoms with Gasteiger partial charge in [-0.1, -0.05) is 0 Å². The van der Waals surface area contributed by atoms with Crippen molar-refractivity contribution in [3.8, 4) is 0 Å². The lowest BCUT2D eigenvalue weighted by molar-refractivity contribution is -0.120. The van der Waals surface area contributed by atoms with E-state index in [2.05, 4.69) is 10.2 Å². The van der Waals surface area contributed by atoms with Gasteiger partial charge in [0.25, 0.3) is 0 Å². The topological polar surface area (TPSA) is 79.0 Å². The molecule has 144 valence electrons. The minimum Gasteiger partial charge on any atom is -0.378 e. The van der Waals surface area contributed by atoms with Crippen molar-refractivity contribution >= 4 is 27.3 Å². The first-order chi connectivity index (χ1) is 12.3. The number of carbonyl (C=O) groups is 1. The summed E-state index contributed by atoms with van der Waals surface area (Å²) in [5.41, 5.74) is 1.00. The molecule has 2 heterocycles. The summed E-state index contributed by atoms with van der Waals surface area (Å²) in [6.07, 6.45) is 2.03. The number of morpholine rings is 1. The predicted octanol–water partition coefficient (Wildman–Crippen LogP) is 1.27. The van der Waals surface area contributed by atoms with Crippen LogP contribution in [-0.4, -0.2) is 64.3 Å². The van der Waals surface area contributed by atoms with E-state index >= 15 is 0 Å². The first-order valence-corrected chi connectivity index (χ1v) is 10.6. The summed E-state index contributed by atoms with van der Waals surface area (Å²) in [5.74, 6) is -1.07. The van der Waals surface area contributed by atoms with Crippen LogP contribution in [0, 0.1) is 11.7 Å². The molecule has 0 aliphatic carbocycles. The van der Waals surface area contributed by atoms with E-state index in [1.165, 1.54) is 16.6 Å². The summed E-state index contributed by atoms with van der Waals surface area (Å²) in [6, 6.07) is 4.69. The maximum atomic E-state index is 14.1. The number of nitrogens with one attached hydrogen (secondary N) is 1. The Morgan fingerprint density at radius 2 is 1.85 bits per heavy atom. The third-order valence-corrected chi connectivity index (χ3v) is 6.18. The van der Waals surface area contributed by atoms with E-state index in [0.29, 0.717) is 39.1 Å². The lowest BCUT2D eigenvalue weighted by atomic mass is 9.97. The fourth-order valence-electron chi connectivity index (χ4n) is 3.31. The Balaban J connectivity index is 1.64. The van der Waals surface area contributed by atoms with Crippen LogP contribution in [0.1, 0.15) is 12.8 Å². The number of carbonyl (C=O) groups excluding carboxylic acids is 1. The Morgan fingerprint density at radius 3 is 2.46 bits per heavy atom. The first-order valence-electron chi connectivity index (χ1n) is 8.73. The van der Waals surface area contributed by atoms with Crippen LogP contribution in [0.2, 0.25) is 0 Å². The molecule has 7 nitrogen and oxygen atoms in total. The normalized spacial score (nSPS) is 20.2. The van der Waals surface area contributed by atoms with E-state index in [0.717, 1.165) is 18.8 Å². The molecular weight excluding hydrogens is 361 g/mol. The van der Waals surface area contributed by atoms with Crippen LogP contribution in [-0.2, 0) is 19.6 Å². The van der Waals surface area contributed by atoms with Gasteiger partial charge < -0.3 is 15.0 Å². The Bertz CT molecular complexity index is 757. The number of hydrogen-bond acceptors (Lipinski definition) is 5. The second-order valence-corrected chi connectivity index (χ2v) is 8.67. The summed E-state index contributed by atoms with van der Waals surface area (Å²) >= 11 is 0. The van der Waals surface area contributed by atoms with Gasteiger partial charge in [0, 0.05) is 37.8 Å². The van der Waals surface area contributed by atoms with Gasteiger partial charge in [-0.3, -0.25) is 4.79 Å². The van der Waals surface area contributed by atoms with Crippen LogP contribution in [0.4, 0.5) is 15.8 Å². The largest absolute Gasteiger partial charge is 0.378 e. The number of piperidine rings is 1. The monoisotopic (exact) mass is 385 g/mol. The molecule has 9 heteroatoms. The molecule has 0 spiro atoms. The number of halogens is 1. The van der Waals surface area contributed by atoms with E-state index in [1.807, 2.05) is 0 Å². The zero-order chi connectivity index (χ0) is 18.7. The van der Waals surface area contributed by atoms with E-state index in [-0.39, 0.29) is 17.5 Å². The number of rotatable bonds is 4. The molecule has 2 aliphatic heterocycles. The average molecular weight is 385 g/mol. The second-order valence-electron chi connectivity index (χ2n) is 6.69. The summed E-state index contributed by atoms with van der Waals surface area (Å²) < 4.78 is 43.9. The van der Waals surface area contributed by atoms with Crippen LogP contribution in [0.15, 0.2) is 18.2 Å². The van der Waals surface area contributed by atoms with Crippen molar-refractivity contribution in [2.24, 2.45) is 5.92 Å². The van der Waals surface area contributed by atoms with E-state index in [1.54, 1.807) is 12.1 Å². The van der Waals surface area contributed by atoms with Crippen molar-refractivity contribution in [1.82, 2.24) is 4.31 Å². The summed E-state index contributed by atoms with van der Waals surface area (Å²) in [6.45, 7) is 3.32. The molecule has 1 aromatic rings. The summed E-state index contributed by atoms with van der Waals surface area (Å²) in [4.78, 5) is 14.6. The van der Waals surface area contributed by atoms with Crippen molar-refractivity contribution in [2.75, 3.05) is 55.9 Å². The number of nitrogens with zero attached hydrogens (tertiary/aromatic N) is 2. The highest BCUT2D eigenvalue weighted by atomic mass is 32.2. The zero-order valence-corrected chi connectivity index (χ0v) is 15.6. The fourth-order valence-corrected chi connectivity index (χ4v) is 4.19. The molecule has 2 aliphatic rings. The number of sulfonamides is 1. The second kappa shape index (κ2) is 7.89. The molecule has 3 rings (SSSR count). The Kier molecular flexibility index (Phi) is 5.79. The van der Waals surface area contributed by atoms with E-state index in [9.17, 15) is 17.6 Å². The summed E-state index contributed by atoms with van der Waals surface area (Å²) in [7, 11) is -3.23. The quantitative estimate of drug-likeness (QED) is 0.845. The highest BCUT2D eigenvalue weighted by Crippen LogP contribution is 2.26. The van der Waals surface area contributed by atoms with Crippen molar-refractivity contribution in [3.63, 3.8) is 0 Å². The van der Waals surface area contributed by atoms with Crippen LogP contribution in [0.5, 0.6) is 0 Å². The number of ether oxygens (including phenoxy) is 1.